The van der Waals surface area contributed by atoms with E-state index in [9.17, 15) is 0 Å². The summed E-state index contributed by atoms with van der Waals surface area (Å²) in [6.45, 7) is 5.29. The van der Waals surface area contributed by atoms with E-state index < -0.39 is 0 Å². The van der Waals surface area contributed by atoms with E-state index in [4.69, 9.17) is 25.7 Å². The SMILES string of the molecule is CC(NC(=NCC1CCOC1)NCCc1ccco1)c1ccc(Cl)cc1.I. The van der Waals surface area contributed by atoms with Gasteiger partial charge in [-0.1, -0.05) is 23.7 Å². The molecular weight excluding hydrogens is 477 g/mol. The monoisotopic (exact) mass is 503 g/mol. The molecule has 0 saturated carbocycles. The van der Waals surface area contributed by atoms with Crippen molar-refractivity contribution in [3.05, 3.63) is 59.0 Å². The number of halogens is 2. The van der Waals surface area contributed by atoms with E-state index in [2.05, 4.69) is 17.6 Å². The largest absolute Gasteiger partial charge is 0.469 e. The minimum absolute atomic E-state index is 0. The van der Waals surface area contributed by atoms with E-state index in [-0.39, 0.29) is 30.0 Å². The van der Waals surface area contributed by atoms with Gasteiger partial charge in [0.2, 0.25) is 0 Å². The Balaban J connectivity index is 0.00000261. The smallest absolute Gasteiger partial charge is 0.191 e. The first-order chi connectivity index (χ1) is 12.7. The van der Waals surface area contributed by atoms with E-state index >= 15 is 0 Å². The quantitative estimate of drug-likeness (QED) is 0.333. The Bertz CT molecular complexity index is 686. The molecule has 3 rings (SSSR count). The van der Waals surface area contributed by atoms with Crippen molar-refractivity contribution in [2.45, 2.75) is 25.8 Å². The average molecular weight is 504 g/mol. The molecule has 1 fully saturated rings. The van der Waals surface area contributed by atoms with E-state index in [1.165, 1.54) is 5.56 Å². The summed E-state index contributed by atoms with van der Waals surface area (Å²) in [4.78, 5) is 4.77. The van der Waals surface area contributed by atoms with E-state index in [1.54, 1.807) is 6.26 Å². The molecule has 5 nitrogen and oxygen atoms in total. The fourth-order valence-corrected chi connectivity index (χ4v) is 3.03. The third-order valence-corrected chi connectivity index (χ3v) is 4.75. The highest BCUT2D eigenvalue weighted by atomic mass is 127. The van der Waals surface area contributed by atoms with Gasteiger partial charge in [0.05, 0.1) is 18.9 Å². The number of aliphatic imine (C=N–C) groups is 1. The molecule has 2 aromatic rings. The molecule has 1 aromatic carbocycles. The van der Waals surface area contributed by atoms with Gasteiger partial charge in [-0.2, -0.15) is 0 Å². The third-order valence-electron chi connectivity index (χ3n) is 4.50. The molecule has 0 aliphatic carbocycles. The topological polar surface area (TPSA) is 58.8 Å². The van der Waals surface area contributed by atoms with Crippen molar-refractivity contribution in [1.29, 1.82) is 0 Å². The minimum atomic E-state index is 0. The van der Waals surface area contributed by atoms with Crippen molar-refractivity contribution in [1.82, 2.24) is 10.6 Å². The average Bonchev–Trinajstić information content (AvgIpc) is 3.34. The lowest BCUT2D eigenvalue weighted by Gasteiger charge is -2.19. The zero-order valence-electron chi connectivity index (χ0n) is 15.5. The second-order valence-corrected chi connectivity index (χ2v) is 7.03. The molecule has 1 saturated heterocycles. The molecule has 0 bridgehead atoms. The summed E-state index contributed by atoms with van der Waals surface area (Å²) >= 11 is 5.98. The molecule has 2 atom stereocenters. The molecule has 7 heteroatoms. The van der Waals surface area contributed by atoms with Gasteiger partial charge in [-0.3, -0.25) is 4.99 Å². The maximum absolute atomic E-state index is 5.98. The normalized spacial score (nSPS) is 18.0. The van der Waals surface area contributed by atoms with Crippen molar-refractivity contribution >= 4 is 41.5 Å². The summed E-state index contributed by atoms with van der Waals surface area (Å²) in [5.74, 6) is 2.28. The fourth-order valence-electron chi connectivity index (χ4n) is 2.90. The Morgan fingerprint density at radius 3 is 2.78 bits per heavy atom. The molecule has 1 aliphatic heterocycles. The van der Waals surface area contributed by atoms with Crippen LogP contribution in [0, 0.1) is 5.92 Å². The third kappa shape index (κ3) is 7.35. The van der Waals surface area contributed by atoms with Crippen LogP contribution < -0.4 is 10.6 Å². The molecule has 1 aliphatic rings. The number of hydrogen-bond donors (Lipinski definition) is 2. The predicted molar refractivity (Wildman–Crippen MR) is 120 cm³/mol. The number of rotatable bonds is 7. The molecule has 148 valence electrons. The maximum atomic E-state index is 5.98. The number of nitrogens with one attached hydrogen (secondary N) is 2. The highest BCUT2D eigenvalue weighted by molar-refractivity contribution is 14.0. The van der Waals surface area contributed by atoms with Crippen molar-refractivity contribution in [3.63, 3.8) is 0 Å². The van der Waals surface area contributed by atoms with E-state index in [0.29, 0.717) is 5.92 Å². The number of nitrogens with zero attached hydrogens (tertiary/aromatic N) is 1. The zero-order valence-corrected chi connectivity index (χ0v) is 18.6. The molecule has 1 aromatic heterocycles. The van der Waals surface area contributed by atoms with Crippen molar-refractivity contribution < 1.29 is 9.15 Å². The van der Waals surface area contributed by atoms with E-state index in [1.807, 2.05) is 36.4 Å². The predicted octanol–water partition coefficient (Wildman–Crippen LogP) is 4.43. The van der Waals surface area contributed by atoms with Crippen LogP contribution in [0.4, 0.5) is 0 Å². The Hall–Kier alpha value is -1.25. The molecule has 0 amide bonds. The van der Waals surface area contributed by atoms with Crippen LogP contribution in [-0.4, -0.2) is 32.3 Å². The second-order valence-electron chi connectivity index (χ2n) is 6.59. The van der Waals surface area contributed by atoms with Gasteiger partial charge >= 0.3 is 0 Å². The van der Waals surface area contributed by atoms with Crippen LogP contribution in [-0.2, 0) is 11.2 Å². The molecule has 2 N–H and O–H groups in total. The Kier molecular flexibility index (Phi) is 9.44. The highest BCUT2D eigenvalue weighted by Crippen LogP contribution is 2.16. The van der Waals surface area contributed by atoms with Crippen molar-refractivity contribution in [2.24, 2.45) is 10.9 Å². The summed E-state index contributed by atoms with van der Waals surface area (Å²) in [6, 6.07) is 11.9. The van der Waals surface area contributed by atoms with Crippen LogP contribution in [0.2, 0.25) is 5.02 Å². The number of hydrogen-bond acceptors (Lipinski definition) is 3. The van der Waals surface area contributed by atoms with Crippen LogP contribution in [0.3, 0.4) is 0 Å². The number of guanidine groups is 1. The Morgan fingerprint density at radius 2 is 2.11 bits per heavy atom. The lowest BCUT2D eigenvalue weighted by molar-refractivity contribution is 0.187. The van der Waals surface area contributed by atoms with Gasteiger partial charge in [-0.25, -0.2) is 0 Å². The van der Waals surface area contributed by atoms with Gasteiger partial charge in [0, 0.05) is 37.1 Å². The summed E-state index contributed by atoms with van der Waals surface area (Å²) in [6.07, 6.45) is 3.59. The first-order valence-corrected chi connectivity index (χ1v) is 9.49. The molecule has 2 heterocycles. The van der Waals surface area contributed by atoms with Crippen LogP contribution in [0.15, 0.2) is 52.1 Å². The first-order valence-electron chi connectivity index (χ1n) is 9.11. The lowest BCUT2D eigenvalue weighted by atomic mass is 10.1. The van der Waals surface area contributed by atoms with Gasteiger partial charge in [-0.15, -0.1) is 24.0 Å². The molecule has 0 spiro atoms. The molecule has 2 unspecified atom stereocenters. The van der Waals surface area contributed by atoms with Crippen LogP contribution in [0.25, 0.3) is 0 Å². The van der Waals surface area contributed by atoms with Gasteiger partial charge in [0.25, 0.3) is 0 Å². The number of furan rings is 1. The highest BCUT2D eigenvalue weighted by Gasteiger charge is 2.16. The van der Waals surface area contributed by atoms with E-state index in [0.717, 1.165) is 55.9 Å². The minimum Gasteiger partial charge on any atom is -0.469 e. The second kappa shape index (κ2) is 11.6. The number of ether oxygens (including phenoxy) is 1. The number of benzene rings is 1. The van der Waals surface area contributed by atoms with Crippen molar-refractivity contribution in [2.75, 3.05) is 26.3 Å². The van der Waals surface area contributed by atoms with Gasteiger partial charge in [-0.05, 0) is 43.2 Å². The standard InChI is InChI=1S/C20H26ClN3O2.HI/c1-15(17-4-6-18(21)7-5-17)24-20(23-13-16-9-12-25-14-16)22-10-8-19-3-2-11-26-19;/h2-7,11,15-16H,8-10,12-14H2,1H3,(H2,22,23,24);1H. The summed E-state index contributed by atoms with van der Waals surface area (Å²) in [7, 11) is 0. The molecule has 0 radical (unpaired) electrons. The van der Waals surface area contributed by atoms with Gasteiger partial charge in [0.15, 0.2) is 5.96 Å². The summed E-state index contributed by atoms with van der Waals surface area (Å²) < 4.78 is 10.8. The Labute approximate surface area is 182 Å². The molecular formula is C20H27ClIN3O2. The fraction of sp³-hybridized carbons (Fsp3) is 0.450. The van der Waals surface area contributed by atoms with Crippen LogP contribution in [0.5, 0.6) is 0 Å². The van der Waals surface area contributed by atoms with Crippen LogP contribution in [0.1, 0.15) is 30.7 Å². The zero-order chi connectivity index (χ0) is 18.2. The maximum Gasteiger partial charge on any atom is 0.191 e. The summed E-state index contributed by atoms with van der Waals surface area (Å²) in [5, 5.41) is 7.63. The Morgan fingerprint density at radius 1 is 1.30 bits per heavy atom. The van der Waals surface area contributed by atoms with Crippen molar-refractivity contribution in [3.8, 4) is 0 Å². The van der Waals surface area contributed by atoms with Gasteiger partial charge in [0.1, 0.15) is 5.76 Å². The summed E-state index contributed by atoms with van der Waals surface area (Å²) in [5.41, 5.74) is 1.17. The van der Waals surface area contributed by atoms with Crippen LogP contribution >= 0.6 is 35.6 Å². The lowest BCUT2D eigenvalue weighted by Crippen LogP contribution is -2.40. The first kappa shape index (κ1) is 22.0. The molecule has 27 heavy (non-hydrogen) atoms. The van der Waals surface area contributed by atoms with Gasteiger partial charge < -0.3 is 19.8 Å².